The number of fused-ring (bicyclic) bond motifs is 1. The van der Waals surface area contributed by atoms with Crippen LogP contribution in [0.5, 0.6) is 0 Å². The smallest absolute Gasteiger partial charge is 0.269 e. The summed E-state index contributed by atoms with van der Waals surface area (Å²) < 4.78 is 26.6. The monoisotopic (exact) mass is 511 g/mol. The number of aryl methyl sites for hydroxylation is 1. The van der Waals surface area contributed by atoms with E-state index in [0.717, 1.165) is 41.1 Å². The number of amides is 3. The molecule has 192 valence electrons. The van der Waals surface area contributed by atoms with Gasteiger partial charge in [-0.15, -0.1) is 0 Å². The molecule has 9 heteroatoms. The first-order valence-electron chi connectivity index (χ1n) is 12.5. The van der Waals surface area contributed by atoms with Crippen molar-refractivity contribution < 1.29 is 22.8 Å². The Balaban J connectivity index is 1.54. The molecule has 1 aliphatic heterocycles. The van der Waals surface area contributed by atoms with Crippen molar-refractivity contribution in [3.05, 3.63) is 65.2 Å². The first kappa shape index (κ1) is 25.9. The number of hydrogen-bond acceptors (Lipinski definition) is 5. The fraction of sp³-hybridized carbons (Fsp3) is 0.444. The van der Waals surface area contributed by atoms with E-state index in [4.69, 9.17) is 0 Å². The van der Waals surface area contributed by atoms with Crippen molar-refractivity contribution in [1.29, 1.82) is 0 Å². The number of benzene rings is 2. The Bertz CT molecular complexity index is 1250. The van der Waals surface area contributed by atoms with E-state index in [0.29, 0.717) is 6.42 Å². The van der Waals surface area contributed by atoms with Crippen LogP contribution in [0.3, 0.4) is 0 Å². The predicted molar refractivity (Wildman–Crippen MR) is 135 cm³/mol. The van der Waals surface area contributed by atoms with Gasteiger partial charge in [0.15, 0.2) is 0 Å². The van der Waals surface area contributed by atoms with Gasteiger partial charge in [0.25, 0.3) is 15.9 Å². The Labute approximate surface area is 212 Å². The highest BCUT2D eigenvalue weighted by atomic mass is 32.2. The average Bonchev–Trinajstić information content (AvgIpc) is 3.43. The van der Waals surface area contributed by atoms with E-state index < -0.39 is 22.0 Å². The Morgan fingerprint density at radius 1 is 1.08 bits per heavy atom. The maximum absolute atomic E-state index is 13.6. The summed E-state index contributed by atoms with van der Waals surface area (Å²) in [6.07, 6.45) is 4.23. The van der Waals surface area contributed by atoms with Crippen LogP contribution in [0.2, 0.25) is 0 Å². The zero-order chi connectivity index (χ0) is 25.9. The molecule has 1 N–H and O–H groups in total. The normalized spacial score (nSPS) is 17.6. The Morgan fingerprint density at radius 2 is 1.75 bits per heavy atom. The second kappa shape index (κ2) is 10.8. The first-order valence-corrected chi connectivity index (χ1v) is 14.0. The van der Waals surface area contributed by atoms with E-state index in [9.17, 15) is 22.8 Å². The number of nitrogens with one attached hydrogen (secondary N) is 1. The van der Waals surface area contributed by atoms with Gasteiger partial charge < -0.3 is 10.2 Å². The molecule has 0 saturated heterocycles. The van der Waals surface area contributed by atoms with Gasteiger partial charge in [0.1, 0.15) is 10.9 Å². The number of carbonyl (C=O) groups excluding carboxylic acids is 3. The second-order valence-corrected chi connectivity index (χ2v) is 11.3. The molecule has 2 aromatic carbocycles. The molecule has 1 atom stereocenters. The van der Waals surface area contributed by atoms with E-state index in [-0.39, 0.29) is 47.8 Å². The minimum absolute atomic E-state index is 0.0402. The van der Waals surface area contributed by atoms with Crippen LogP contribution in [0.25, 0.3) is 0 Å². The van der Waals surface area contributed by atoms with Gasteiger partial charge in [-0.25, -0.2) is 12.7 Å². The fourth-order valence-corrected chi connectivity index (χ4v) is 6.62. The molecule has 0 radical (unpaired) electrons. The van der Waals surface area contributed by atoms with Crippen molar-refractivity contribution in [3.8, 4) is 0 Å². The van der Waals surface area contributed by atoms with Gasteiger partial charge in [0, 0.05) is 25.6 Å². The minimum Gasteiger partial charge on any atom is -0.352 e. The van der Waals surface area contributed by atoms with Gasteiger partial charge in [-0.05, 0) is 49.4 Å². The molecule has 1 heterocycles. The van der Waals surface area contributed by atoms with Crippen molar-refractivity contribution in [2.24, 2.45) is 0 Å². The van der Waals surface area contributed by atoms with Gasteiger partial charge in [0.2, 0.25) is 11.8 Å². The molecule has 1 aliphatic carbocycles. The van der Waals surface area contributed by atoms with E-state index in [1.54, 1.807) is 12.1 Å². The molecule has 3 amide bonds. The molecule has 0 aromatic heterocycles. The van der Waals surface area contributed by atoms with Crippen molar-refractivity contribution in [3.63, 3.8) is 0 Å². The highest BCUT2D eigenvalue weighted by Gasteiger charge is 2.41. The summed E-state index contributed by atoms with van der Waals surface area (Å²) in [6.45, 7) is 3.76. The summed E-state index contributed by atoms with van der Waals surface area (Å²) in [5, 5.41) is 3.10. The van der Waals surface area contributed by atoms with Crippen LogP contribution < -0.4 is 5.32 Å². The van der Waals surface area contributed by atoms with Crippen molar-refractivity contribution in [2.75, 3.05) is 6.54 Å². The van der Waals surface area contributed by atoms with Gasteiger partial charge in [-0.1, -0.05) is 56.2 Å². The lowest BCUT2D eigenvalue weighted by Crippen LogP contribution is -2.51. The lowest BCUT2D eigenvalue weighted by molar-refractivity contribution is -0.141. The predicted octanol–water partition coefficient (Wildman–Crippen LogP) is 3.40. The van der Waals surface area contributed by atoms with E-state index >= 15 is 0 Å². The molecule has 2 aromatic rings. The first-order chi connectivity index (χ1) is 17.2. The summed E-state index contributed by atoms with van der Waals surface area (Å²) in [7, 11) is -4.01. The van der Waals surface area contributed by atoms with Crippen LogP contribution in [0, 0.1) is 6.92 Å². The van der Waals surface area contributed by atoms with Crippen LogP contribution in [-0.4, -0.2) is 54.0 Å². The van der Waals surface area contributed by atoms with Crippen molar-refractivity contribution in [2.45, 2.75) is 75.9 Å². The number of carbonyl (C=O) groups is 3. The lowest BCUT2D eigenvalue weighted by atomic mass is 10.0. The third-order valence-corrected chi connectivity index (χ3v) is 8.97. The van der Waals surface area contributed by atoms with Gasteiger partial charge in [-0.2, -0.15) is 0 Å². The Morgan fingerprint density at radius 3 is 2.42 bits per heavy atom. The summed E-state index contributed by atoms with van der Waals surface area (Å²) in [4.78, 5) is 41.1. The zero-order valence-corrected chi connectivity index (χ0v) is 21.6. The SMILES string of the molecule is CC[C@H](C(=O)NC1CCCC1)N(Cc1ccccc1C)C(=O)CCN1C(=O)c2ccccc2S1(=O)=O. The van der Waals surface area contributed by atoms with E-state index in [1.165, 1.54) is 17.0 Å². The fourth-order valence-electron chi connectivity index (χ4n) is 5.05. The second-order valence-electron chi connectivity index (χ2n) is 9.49. The largest absolute Gasteiger partial charge is 0.352 e. The van der Waals surface area contributed by atoms with E-state index in [1.807, 2.05) is 38.1 Å². The number of nitrogens with zero attached hydrogens (tertiary/aromatic N) is 2. The van der Waals surface area contributed by atoms with Crippen LogP contribution >= 0.6 is 0 Å². The number of rotatable bonds is 9. The van der Waals surface area contributed by atoms with Gasteiger partial charge >= 0.3 is 0 Å². The molecule has 0 unspecified atom stereocenters. The third-order valence-electron chi connectivity index (χ3n) is 7.13. The summed E-state index contributed by atoms with van der Waals surface area (Å²) >= 11 is 0. The Kier molecular flexibility index (Phi) is 7.78. The molecule has 0 spiro atoms. The van der Waals surface area contributed by atoms with Crippen molar-refractivity contribution >= 4 is 27.7 Å². The van der Waals surface area contributed by atoms with Crippen LogP contribution in [0.15, 0.2) is 53.4 Å². The molecule has 4 rings (SSSR count). The van der Waals surface area contributed by atoms with Crippen LogP contribution in [0.1, 0.15) is 66.9 Å². The highest BCUT2D eigenvalue weighted by Crippen LogP contribution is 2.30. The zero-order valence-electron chi connectivity index (χ0n) is 20.8. The average molecular weight is 512 g/mol. The van der Waals surface area contributed by atoms with Gasteiger partial charge in [0.05, 0.1) is 5.56 Å². The minimum atomic E-state index is -4.01. The maximum atomic E-state index is 13.6. The summed E-state index contributed by atoms with van der Waals surface area (Å²) in [6, 6.07) is 13.1. The number of hydrogen-bond donors (Lipinski definition) is 1. The van der Waals surface area contributed by atoms with Gasteiger partial charge in [-0.3, -0.25) is 14.4 Å². The van der Waals surface area contributed by atoms with Crippen LogP contribution in [-0.2, 0) is 26.2 Å². The molecule has 0 bridgehead atoms. The molecule has 36 heavy (non-hydrogen) atoms. The maximum Gasteiger partial charge on any atom is 0.269 e. The highest BCUT2D eigenvalue weighted by molar-refractivity contribution is 7.90. The molecular formula is C27H33N3O5S. The molecule has 2 aliphatic rings. The quantitative estimate of drug-likeness (QED) is 0.556. The molecule has 1 fully saturated rings. The summed E-state index contributed by atoms with van der Waals surface area (Å²) in [5.41, 5.74) is 2.02. The van der Waals surface area contributed by atoms with Crippen LogP contribution in [0.4, 0.5) is 0 Å². The topological polar surface area (TPSA) is 104 Å². The molecule has 8 nitrogen and oxygen atoms in total. The standard InChI is InChI=1S/C27H33N3O5S/c1-3-23(26(32)28-21-12-6-7-13-21)29(18-20-11-5-4-10-19(20)2)25(31)16-17-30-27(33)22-14-8-9-15-24(22)36(30,34)35/h4-5,8-11,14-15,21,23H,3,6-7,12-13,16-18H2,1-2H3,(H,28,32)/t23-/m1/s1. The van der Waals surface area contributed by atoms with Crippen molar-refractivity contribution in [1.82, 2.24) is 14.5 Å². The third kappa shape index (κ3) is 5.16. The molecule has 1 saturated carbocycles. The van der Waals surface area contributed by atoms with E-state index in [2.05, 4.69) is 5.32 Å². The summed E-state index contributed by atoms with van der Waals surface area (Å²) in [5.74, 6) is -1.19. The number of sulfonamides is 1. The Hall–Kier alpha value is -3.20. The lowest BCUT2D eigenvalue weighted by Gasteiger charge is -2.32. The molecular weight excluding hydrogens is 478 g/mol.